The lowest BCUT2D eigenvalue weighted by molar-refractivity contribution is 0.577. The van der Waals surface area contributed by atoms with E-state index < -0.39 is 11.6 Å². The third kappa shape index (κ3) is 2.62. The molecule has 1 aromatic heterocycles. The summed E-state index contributed by atoms with van der Waals surface area (Å²) in [5.41, 5.74) is 0.264. The Morgan fingerprint density at radius 3 is 2.59 bits per heavy atom. The zero-order valence-electron chi connectivity index (χ0n) is 9.19. The quantitative estimate of drug-likeness (QED) is 0.866. The summed E-state index contributed by atoms with van der Waals surface area (Å²) in [5, 5.41) is 14.0. The molecule has 90 valence electrons. The Bertz CT molecular complexity index is 491. The first-order valence-corrected chi connectivity index (χ1v) is 5.15. The van der Waals surface area contributed by atoms with Crippen molar-refractivity contribution >= 4 is 0 Å². The van der Waals surface area contributed by atoms with E-state index in [0.717, 1.165) is 12.6 Å². The van der Waals surface area contributed by atoms with Crippen molar-refractivity contribution in [1.82, 2.24) is 25.5 Å². The van der Waals surface area contributed by atoms with Crippen LogP contribution in [0.2, 0.25) is 0 Å². The molecule has 17 heavy (non-hydrogen) atoms. The van der Waals surface area contributed by atoms with Crippen molar-refractivity contribution in [2.45, 2.75) is 13.5 Å². The van der Waals surface area contributed by atoms with E-state index in [4.69, 9.17) is 0 Å². The predicted molar refractivity (Wildman–Crippen MR) is 56.5 cm³/mol. The number of nitrogens with one attached hydrogen (secondary N) is 1. The molecule has 5 nitrogen and oxygen atoms in total. The highest BCUT2D eigenvalue weighted by Gasteiger charge is 2.09. The fourth-order valence-corrected chi connectivity index (χ4v) is 1.41. The van der Waals surface area contributed by atoms with Crippen molar-refractivity contribution in [3.8, 4) is 5.69 Å². The van der Waals surface area contributed by atoms with Gasteiger partial charge in [-0.15, -0.1) is 5.10 Å². The minimum Gasteiger partial charge on any atom is -0.310 e. The van der Waals surface area contributed by atoms with Crippen LogP contribution in [0, 0.1) is 11.6 Å². The maximum absolute atomic E-state index is 13.1. The van der Waals surface area contributed by atoms with Crippen LogP contribution in [0.25, 0.3) is 5.69 Å². The van der Waals surface area contributed by atoms with Gasteiger partial charge in [-0.25, -0.2) is 8.78 Å². The Kier molecular flexibility index (Phi) is 3.38. The third-order valence-corrected chi connectivity index (χ3v) is 2.16. The fraction of sp³-hybridized carbons (Fsp3) is 0.300. The molecule has 0 aliphatic carbocycles. The molecule has 0 amide bonds. The van der Waals surface area contributed by atoms with E-state index in [-0.39, 0.29) is 5.69 Å². The van der Waals surface area contributed by atoms with E-state index in [9.17, 15) is 8.78 Å². The molecule has 0 aliphatic rings. The van der Waals surface area contributed by atoms with Crippen LogP contribution in [0.5, 0.6) is 0 Å². The van der Waals surface area contributed by atoms with Crippen LogP contribution in [0.4, 0.5) is 8.78 Å². The zero-order valence-corrected chi connectivity index (χ0v) is 9.19. The molecule has 0 atom stereocenters. The molecule has 0 aliphatic heterocycles. The highest BCUT2D eigenvalue weighted by Crippen LogP contribution is 2.12. The molecule has 2 aromatic rings. The maximum atomic E-state index is 13.1. The monoisotopic (exact) mass is 239 g/mol. The van der Waals surface area contributed by atoms with Crippen LogP contribution in [0.3, 0.4) is 0 Å². The second-order valence-electron chi connectivity index (χ2n) is 3.41. The molecular formula is C10H11F2N5. The minimum atomic E-state index is -0.662. The summed E-state index contributed by atoms with van der Waals surface area (Å²) in [5.74, 6) is -0.827. The van der Waals surface area contributed by atoms with E-state index in [0.29, 0.717) is 12.4 Å². The predicted octanol–water partition coefficient (Wildman–Crippen LogP) is 1.05. The van der Waals surface area contributed by atoms with Crippen molar-refractivity contribution in [2.75, 3.05) is 6.54 Å². The Labute approximate surface area is 96.4 Å². The van der Waals surface area contributed by atoms with Gasteiger partial charge >= 0.3 is 0 Å². The van der Waals surface area contributed by atoms with Crippen LogP contribution in [0.1, 0.15) is 12.7 Å². The van der Waals surface area contributed by atoms with Crippen molar-refractivity contribution in [1.29, 1.82) is 0 Å². The van der Waals surface area contributed by atoms with E-state index in [2.05, 4.69) is 20.8 Å². The van der Waals surface area contributed by atoms with E-state index in [1.165, 1.54) is 16.8 Å². The summed E-state index contributed by atoms with van der Waals surface area (Å²) in [6.45, 7) is 3.13. The van der Waals surface area contributed by atoms with Gasteiger partial charge in [-0.3, -0.25) is 0 Å². The Morgan fingerprint density at radius 2 is 1.94 bits per heavy atom. The van der Waals surface area contributed by atoms with Gasteiger partial charge in [0.1, 0.15) is 11.6 Å². The van der Waals surface area contributed by atoms with Crippen LogP contribution < -0.4 is 5.32 Å². The van der Waals surface area contributed by atoms with Gasteiger partial charge in [0, 0.05) is 6.07 Å². The molecule has 0 radical (unpaired) electrons. The number of aromatic nitrogens is 4. The van der Waals surface area contributed by atoms with Gasteiger partial charge in [0.05, 0.1) is 12.2 Å². The lowest BCUT2D eigenvalue weighted by atomic mass is 10.3. The van der Waals surface area contributed by atoms with Gasteiger partial charge in [-0.2, -0.15) is 4.68 Å². The van der Waals surface area contributed by atoms with Gasteiger partial charge in [0.15, 0.2) is 5.82 Å². The molecule has 0 saturated heterocycles. The number of rotatable bonds is 4. The highest BCUT2D eigenvalue weighted by molar-refractivity contribution is 5.32. The number of nitrogens with zero attached hydrogens (tertiary/aromatic N) is 4. The second-order valence-corrected chi connectivity index (χ2v) is 3.41. The molecule has 1 N–H and O–H groups in total. The van der Waals surface area contributed by atoms with E-state index >= 15 is 0 Å². The number of hydrogen-bond acceptors (Lipinski definition) is 4. The van der Waals surface area contributed by atoms with Crippen molar-refractivity contribution < 1.29 is 8.78 Å². The van der Waals surface area contributed by atoms with E-state index in [1.807, 2.05) is 6.92 Å². The van der Waals surface area contributed by atoms with Crippen LogP contribution >= 0.6 is 0 Å². The SMILES string of the molecule is CCNCc1nnnn1-c1cc(F)cc(F)c1. The molecule has 0 fully saturated rings. The number of benzene rings is 1. The van der Waals surface area contributed by atoms with E-state index in [1.54, 1.807) is 0 Å². The summed E-state index contributed by atoms with van der Waals surface area (Å²) in [6.07, 6.45) is 0. The first-order chi connectivity index (χ1) is 8.20. The molecule has 1 heterocycles. The molecule has 2 rings (SSSR count). The summed E-state index contributed by atoms with van der Waals surface area (Å²) in [4.78, 5) is 0. The largest absolute Gasteiger partial charge is 0.310 e. The average molecular weight is 239 g/mol. The van der Waals surface area contributed by atoms with Gasteiger partial charge in [-0.1, -0.05) is 6.92 Å². The van der Waals surface area contributed by atoms with Crippen LogP contribution in [-0.4, -0.2) is 26.8 Å². The first kappa shape index (κ1) is 11.6. The Morgan fingerprint density at radius 1 is 1.24 bits per heavy atom. The summed E-state index contributed by atoms with van der Waals surface area (Å²) in [6, 6.07) is 3.15. The smallest absolute Gasteiger partial charge is 0.170 e. The molecule has 1 aromatic carbocycles. The van der Waals surface area contributed by atoms with Crippen molar-refractivity contribution in [2.24, 2.45) is 0 Å². The van der Waals surface area contributed by atoms with Gasteiger partial charge in [-0.05, 0) is 29.1 Å². The molecular weight excluding hydrogens is 228 g/mol. The van der Waals surface area contributed by atoms with Crippen molar-refractivity contribution in [3.63, 3.8) is 0 Å². The van der Waals surface area contributed by atoms with Gasteiger partial charge in [0.2, 0.25) is 0 Å². The standard InChI is InChI=1S/C10H11F2N5/c1-2-13-6-10-14-15-16-17(10)9-4-7(11)3-8(12)5-9/h3-5,13H,2,6H2,1H3. The summed E-state index contributed by atoms with van der Waals surface area (Å²) >= 11 is 0. The topological polar surface area (TPSA) is 55.6 Å². The second kappa shape index (κ2) is 4.96. The zero-order chi connectivity index (χ0) is 12.3. The van der Waals surface area contributed by atoms with Gasteiger partial charge in [0.25, 0.3) is 0 Å². The number of hydrogen-bond donors (Lipinski definition) is 1. The lowest BCUT2D eigenvalue weighted by Crippen LogP contribution is -2.16. The fourth-order valence-electron chi connectivity index (χ4n) is 1.41. The Hall–Kier alpha value is -1.89. The summed E-state index contributed by atoms with van der Waals surface area (Å²) in [7, 11) is 0. The molecule has 7 heteroatoms. The highest BCUT2D eigenvalue weighted by atomic mass is 19.1. The minimum absolute atomic E-state index is 0.264. The lowest BCUT2D eigenvalue weighted by Gasteiger charge is -2.05. The molecule has 0 unspecified atom stereocenters. The van der Waals surface area contributed by atoms with Gasteiger partial charge < -0.3 is 5.32 Å². The van der Waals surface area contributed by atoms with Crippen LogP contribution in [-0.2, 0) is 6.54 Å². The average Bonchev–Trinajstić information content (AvgIpc) is 2.73. The third-order valence-electron chi connectivity index (χ3n) is 2.16. The molecule has 0 spiro atoms. The maximum Gasteiger partial charge on any atom is 0.170 e. The number of halogens is 2. The summed E-state index contributed by atoms with van der Waals surface area (Å²) < 4.78 is 27.4. The van der Waals surface area contributed by atoms with Crippen molar-refractivity contribution in [3.05, 3.63) is 35.7 Å². The normalized spacial score (nSPS) is 10.8. The molecule has 0 saturated carbocycles. The van der Waals surface area contributed by atoms with Crippen LogP contribution in [0.15, 0.2) is 18.2 Å². The first-order valence-electron chi connectivity index (χ1n) is 5.15. The number of tetrazole rings is 1. The Balaban J connectivity index is 2.35. The molecule has 0 bridgehead atoms.